The van der Waals surface area contributed by atoms with E-state index in [-0.39, 0.29) is 11.4 Å². The molecule has 0 bridgehead atoms. The predicted molar refractivity (Wildman–Crippen MR) is 162 cm³/mol. The van der Waals surface area contributed by atoms with Gasteiger partial charge in [-0.2, -0.15) is 4.31 Å². The molecule has 0 aliphatic heterocycles. The molecule has 0 fully saturated rings. The molecule has 0 spiro atoms. The van der Waals surface area contributed by atoms with E-state index >= 15 is 0 Å². The summed E-state index contributed by atoms with van der Waals surface area (Å²) in [6, 6.07) is 44.6. The number of hydrogen-bond donors (Lipinski definition) is 0. The van der Waals surface area contributed by atoms with Crippen LogP contribution in [-0.4, -0.2) is 19.3 Å². The van der Waals surface area contributed by atoms with Crippen LogP contribution in [0.3, 0.4) is 0 Å². The molecule has 1 atom stereocenters. The van der Waals surface area contributed by atoms with Gasteiger partial charge in [0, 0.05) is 11.1 Å². The first kappa shape index (κ1) is 26.7. The molecule has 5 aromatic carbocycles. The lowest BCUT2D eigenvalue weighted by atomic mass is 9.94. The maximum atomic E-state index is 14.2. The van der Waals surface area contributed by atoms with Crippen LogP contribution >= 0.6 is 0 Å². The van der Waals surface area contributed by atoms with Crippen molar-refractivity contribution in [1.82, 2.24) is 4.31 Å². The van der Waals surface area contributed by atoms with Crippen molar-refractivity contribution in [3.63, 3.8) is 0 Å². The number of benzene rings is 5. The zero-order chi connectivity index (χ0) is 27.6. The highest BCUT2D eigenvalue weighted by atomic mass is 32.2. The highest BCUT2D eigenvalue weighted by Crippen LogP contribution is 2.34. The Labute approximate surface area is 236 Å². The van der Waals surface area contributed by atoms with E-state index in [0.717, 1.165) is 27.8 Å². The van der Waals surface area contributed by atoms with E-state index in [1.165, 1.54) is 4.31 Å². The molecule has 0 aromatic heterocycles. The Hall–Kier alpha value is -4.87. The molecular weight excluding hydrogens is 510 g/mol. The van der Waals surface area contributed by atoms with E-state index in [4.69, 9.17) is 0 Å². The van der Waals surface area contributed by atoms with Gasteiger partial charge in [-0.15, -0.1) is 0 Å². The van der Waals surface area contributed by atoms with Gasteiger partial charge in [-0.05, 0) is 53.1 Å². The molecule has 0 saturated heterocycles. The van der Waals surface area contributed by atoms with Gasteiger partial charge in [0.15, 0.2) is 0 Å². The second-order valence-electron chi connectivity index (χ2n) is 9.02. The largest absolute Gasteiger partial charge is 0.245 e. The van der Waals surface area contributed by atoms with Crippen LogP contribution in [0.4, 0.5) is 0 Å². The molecule has 40 heavy (non-hydrogen) atoms. The molecule has 0 aliphatic rings. The van der Waals surface area contributed by atoms with Gasteiger partial charge in [0.05, 0.1) is 11.4 Å². The summed E-state index contributed by atoms with van der Waals surface area (Å²) < 4.78 is 29.9. The van der Waals surface area contributed by atoms with E-state index in [0.29, 0.717) is 0 Å². The normalized spacial score (nSPS) is 11.5. The van der Waals surface area contributed by atoms with Crippen molar-refractivity contribution in [2.75, 3.05) is 6.54 Å². The maximum Gasteiger partial charge on any atom is 0.245 e. The van der Waals surface area contributed by atoms with Crippen LogP contribution in [-0.2, 0) is 10.0 Å². The third kappa shape index (κ3) is 6.40. The molecule has 0 radical (unpaired) electrons. The smallest absolute Gasteiger partial charge is 0.207 e. The van der Waals surface area contributed by atoms with Crippen LogP contribution in [0.2, 0.25) is 0 Å². The monoisotopic (exact) mass is 537 g/mol. The summed E-state index contributed by atoms with van der Waals surface area (Å²) in [7, 11) is -3.98. The minimum Gasteiger partial charge on any atom is -0.207 e. The summed E-state index contributed by atoms with van der Waals surface area (Å²) in [5.41, 5.74) is 4.31. The van der Waals surface area contributed by atoms with Crippen LogP contribution in [0.25, 0.3) is 11.1 Å². The zero-order valence-corrected chi connectivity index (χ0v) is 22.6. The van der Waals surface area contributed by atoms with E-state index in [2.05, 4.69) is 23.7 Å². The summed E-state index contributed by atoms with van der Waals surface area (Å²) in [5, 5.41) is 0. The van der Waals surface area contributed by atoms with Gasteiger partial charge in [-0.1, -0.05) is 133 Å². The van der Waals surface area contributed by atoms with Crippen molar-refractivity contribution in [2.24, 2.45) is 0 Å². The molecule has 0 heterocycles. The van der Waals surface area contributed by atoms with Crippen molar-refractivity contribution in [2.45, 2.75) is 10.9 Å². The minimum atomic E-state index is -3.98. The molecule has 0 aliphatic carbocycles. The molecule has 0 amide bonds. The van der Waals surface area contributed by atoms with Gasteiger partial charge >= 0.3 is 0 Å². The first-order chi connectivity index (χ1) is 19.6. The second kappa shape index (κ2) is 12.8. The Bertz CT molecular complexity index is 1780. The highest BCUT2D eigenvalue weighted by Gasteiger charge is 2.32. The van der Waals surface area contributed by atoms with Crippen molar-refractivity contribution >= 4 is 10.0 Å². The lowest BCUT2D eigenvalue weighted by Gasteiger charge is -2.28. The van der Waals surface area contributed by atoms with Crippen LogP contribution in [0, 0.1) is 23.7 Å². The molecule has 1 unspecified atom stereocenters. The van der Waals surface area contributed by atoms with Gasteiger partial charge in [0.1, 0.15) is 6.04 Å². The molecule has 4 heteroatoms. The lowest BCUT2D eigenvalue weighted by Crippen LogP contribution is -2.35. The lowest BCUT2D eigenvalue weighted by molar-refractivity contribution is 0.410. The molecule has 5 aromatic rings. The van der Waals surface area contributed by atoms with Gasteiger partial charge in [-0.3, -0.25) is 0 Å². The van der Waals surface area contributed by atoms with Crippen molar-refractivity contribution in [1.29, 1.82) is 0 Å². The minimum absolute atomic E-state index is 0.0383. The van der Waals surface area contributed by atoms with Crippen LogP contribution in [0.1, 0.15) is 22.7 Å². The molecule has 0 N–H and O–H groups in total. The van der Waals surface area contributed by atoms with Gasteiger partial charge in [0.2, 0.25) is 10.0 Å². The zero-order valence-electron chi connectivity index (χ0n) is 21.8. The predicted octanol–water partition coefficient (Wildman–Crippen LogP) is 7.19. The second-order valence-corrected chi connectivity index (χ2v) is 10.9. The Kier molecular flexibility index (Phi) is 8.54. The average Bonchev–Trinajstić information content (AvgIpc) is 3.02. The van der Waals surface area contributed by atoms with E-state index in [1.807, 2.05) is 115 Å². The fourth-order valence-electron chi connectivity index (χ4n) is 4.38. The quantitative estimate of drug-likeness (QED) is 0.215. The van der Waals surface area contributed by atoms with E-state index in [1.54, 1.807) is 30.3 Å². The Morgan fingerprint density at radius 2 is 1.07 bits per heavy atom. The number of rotatable bonds is 6. The molecule has 5 rings (SSSR count). The number of sulfonamides is 1. The third-order valence-electron chi connectivity index (χ3n) is 6.35. The maximum absolute atomic E-state index is 14.2. The van der Waals surface area contributed by atoms with E-state index < -0.39 is 16.1 Å². The SMILES string of the molecule is O=S(=O)(c1ccccc1)N(CC#Cc1ccccc1)C(C#Cc1ccccc1)c1ccccc1-c1ccccc1. The first-order valence-electron chi connectivity index (χ1n) is 12.9. The molecule has 0 saturated carbocycles. The summed E-state index contributed by atoms with van der Waals surface area (Å²) in [6.07, 6.45) is 0. The van der Waals surface area contributed by atoms with E-state index in [9.17, 15) is 8.42 Å². The third-order valence-corrected chi connectivity index (χ3v) is 8.17. The van der Waals surface area contributed by atoms with Gasteiger partial charge < -0.3 is 0 Å². The van der Waals surface area contributed by atoms with Crippen molar-refractivity contribution in [3.8, 4) is 34.8 Å². The summed E-state index contributed by atoms with van der Waals surface area (Å²) in [5.74, 6) is 12.8. The van der Waals surface area contributed by atoms with Crippen molar-refractivity contribution < 1.29 is 8.42 Å². The van der Waals surface area contributed by atoms with Crippen LogP contribution in [0.15, 0.2) is 150 Å². The van der Waals surface area contributed by atoms with Gasteiger partial charge in [-0.25, -0.2) is 8.42 Å². The topological polar surface area (TPSA) is 37.4 Å². The van der Waals surface area contributed by atoms with Crippen LogP contribution in [0.5, 0.6) is 0 Å². The first-order valence-corrected chi connectivity index (χ1v) is 14.4. The van der Waals surface area contributed by atoms with Crippen molar-refractivity contribution in [3.05, 3.63) is 162 Å². The molecular formula is C36H27NO2S. The average molecular weight is 538 g/mol. The Morgan fingerprint density at radius 3 is 1.70 bits per heavy atom. The Morgan fingerprint density at radius 1 is 0.575 bits per heavy atom. The Balaban J connectivity index is 1.69. The number of hydrogen-bond acceptors (Lipinski definition) is 2. The summed E-state index contributed by atoms with van der Waals surface area (Å²) >= 11 is 0. The summed E-state index contributed by atoms with van der Waals surface area (Å²) in [6.45, 7) is -0.0383. The van der Waals surface area contributed by atoms with Gasteiger partial charge in [0.25, 0.3) is 0 Å². The number of nitrogens with zero attached hydrogens (tertiary/aromatic N) is 1. The highest BCUT2D eigenvalue weighted by molar-refractivity contribution is 7.89. The fraction of sp³-hybridized carbons (Fsp3) is 0.0556. The summed E-state index contributed by atoms with van der Waals surface area (Å²) in [4.78, 5) is 0.195. The standard InChI is InChI=1S/C36H27NO2S/c38-40(39,33-23-11-4-12-24-33)37(29-15-20-30-16-5-1-6-17-30)36(28-27-31-18-7-2-8-19-31)35-26-14-13-25-34(35)32-21-9-3-10-22-32/h1-14,16-19,21-26,36H,29H2. The van der Waals surface area contributed by atoms with Crippen LogP contribution < -0.4 is 0 Å². The molecule has 194 valence electrons. The molecule has 3 nitrogen and oxygen atoms in total. The fourth-order valence-corrected chi connectivity index (χ4v) is 5.83.